The first-order valence-electron chi connectivity index (χ1n) is 10.5. The van der Waals surface area contributed by atoms with Crippen LogP contribution in [0.5, 0.6) is 0 Å². The topological polar surface area (TPSA) is 114 Å². The van der Waals surface area contributed by atoms with Gasteiger partial charge in [0.1, 0.15) is 11.4 Å². The Balaban J connectivity index is 2.12. The maximum Gasteiger partial charge on any atom is 0.421 e. The SMILES string of the molecule is CCCCC[C@H](CN(O)C=O)C(=O)NNc1ncc(C(F)(F)F)c(N2CCN(C)CC2)n1. The minimum absolute atomic E-state index is 0.191. The van der Waals surface area contributed by atoms with Gasteiger partial charge in [0.25, 0.3) is 0 Å². The molecular weight excluding hydrogens is 431 g/mol. The number of hydrogen-bond donors (Lipinski definition) is 3. The van der Waals surface area contributed by atoms with Gasteiger partial charge >= 0.3 is 6.18 Å². The van der Waals surface area contributed by atoms with Crippen LogP contribution in [-0.4, -0.2) is 77.2 Å². The summed E-state index contributed by atoms with van der Waals surface area (Å²) in [6.45, 7) is 3.73. The van der Waals surface area contributed by atoms with Crippen molar-refractivity contribution in [2.75, 3.05) is 50.1 Å². The normalized spacial score (nSPS) is 15.9. The summed E-state index contributed by atoms with van der Waals surface area (Å²) in [5.74, 6) is -1.69. The molecule has 1 aliphatic rings. The number of halogens is 3. The number of nitrogens with zero attached hydrogens (tertiary/aromatic N) is 5. The highest BCUT2D eigenvalue weighted by molar-refractivity contribution is 5.80. The summed E-state index contributed by atoms with van der Waals surface area (Å²) >= 11 is 0. The number of aromatic nitrogens is 2. The van der Waals surface area contributed by atoms with Crippen molar-refractivity contribution in [3.05, 3.63) is 11.8 Å². The van der Waals surface area contributed by atoms with Gasteiger partial charge in [0.15, 0.2) is 0 Å². The van der Waals surface area contributed by atoms with Crippen LogP contribution >= 0.6 is 0 Å². The summed E-state index contributed by atoms with van der Waals surface area (Å²) in [5.41, 5.74) is 3.89. The molecular formula is C19H30F3N7O3. The van der Waals surface area contributed by atoms with Gasteiger partial charge in [-0.15, -0.1) is 0 Å². The summed E-state index contributed by atoms with van der Waals surface area (Å²) in [6.07, 6.45) is -0.787. The number of likely N-dealkylation sites (N-methyl/N-ethyl adjacent to an activating group) is 1. The van der Waals surface area contributed by atoms with Crippen molar-refractivity contribution in [2.24, 2.45) is 5.92 Å². The molecule has 13 heteroatoms. The van der Waals surface area contributed by atoms with Gasteiger partial charge in [0.05, 0.1) is 12.5 Å². The molecule has 0 bridgehead atoms. The Kier molecular flexibility index (Phi) is 9.44. The lowest BCUT2D eigenvalue weighted by atomic mass is 10.0. The Bertz CT molecular complexity index is 758. The number of nitrogens with one attached hydrogen (secondary N) is 2. The summed E-state index contributed by atoms with van der Waals surface area (Å²) in [5, 5.41) is 9.83. The van der Waals surface area contributed by atoms with Gasteiger partial charge in [-0.3, -0.25) is 25.6 Å². The number of hydroxylamine groups is 2. The molecule has 2 amide bonds. The van der Waals surface area contributed by atoms with E-state index in [1.807, 2.05) is 18.9 Å². The van der Waals surface area contributed by atoms with Gasteiger partial charge in [-0.05, 0) is 13.5 Å². The van der Waals surface area contributed by atoms with E-state index in [0.29, 0.717) is 50.3 Å². The van der Waals surface area contributed by atoms with E-state index < -0.39 is 23.6 Å². The van der Waals surface area contributed by atoms with Crippen LogP contribution in [0.2, 0.25) is 0 Å². The first kappa shape index (κ1) is 25.6. The number of rotatable bonds is 11. The van der Waals surface area contributed by atoms with Crippen molar-refractivity contribution in [3.63, 3.8) is 0 Å². The summed E-state index contributed by atoms with van der Waals surface area (Å²) in [4.78, 5) is 34.5. The van der Waals surface area contributed by atoms with Gasteiger partial charge in [0.2, 0.25) is 18.3 Å². The third kappa shape index (κ3) is 7.48. The fraction of sp³-hybridized carbons (Fsp3) is 0.684. The van der Waals surface area contributed by atoms with Crippen LogP contribution in [0.3, 0.4) is 0 Å². The van der Waals surface area contributed by atoms with Crippen molar-refractivity contribution in [3.8, 4) is 0 Å². The first-order valence-corrected chi connectivity index (χ1v) is 10.5. The Morgan fingerprint density at radius 2 is 2.00 bits per heavy atom. The quantitative estimate of drug-likeness (QED) is 0.198. The van der Waals surface area contributed by atoms with Crippen LogP contribution < -0.4 is 15.8 Å². The third-order valence-corrected chi connectivity index (χ3v) is 5.23. The molecule has 1 aliphatic heterocycles. The van der Waals surface area contributed by atoms with Crippen molar-refractivity contribution in [1.29, 1.82) is 0 Å². The number of hydrogen-bond acceptors (Lipinski definition) is 8. The van der Waals surface area contributed by atoms with Crippen LogP contribution in [0.1, 0.15) is 38.2 Å². The number of anilines is 2. The fourth-order valence-corrected chi connectivity index (χ4v) is 3.33. The Morgan fingerprint density at radius 3 is 2.59 bits per heavy atom. The molecule has 1 fully saturated rings. The van der Waals surface area contributed by atoms with E-state index in [-0.39, 0.29) is 24.7 Å². The van der Waals surface area contributed by atoms with Gasteiger partial charge in [-0.2, -0.15) is 18.2 Å². The lowest BCUT2D eigenvalue weighted by Gasteiger charge is -2.34. The smallest absolute Gasteiger partial charge is 0.353 e. The molecule has 1 aromatic heterocycles. The molecule has 3 N–H and O–H groups in total. The van der Waals surface area contributed by atoms with E-state index >= 15 is 0 Å². The number of alkyl halides is 3. The van der Waals surface area contributed by atoms with E-state index in [9.17, 15) is 28.0 Å². The zero-order chi connectivity index (χ0) is 23.7. The number of carbonyl (C=O) groups excluding carboxylic acids is 2. The lowest BCUT2D eigenvalue weighted by molar-refractivity contribution is -0.154. The lowest BCUT2D eigenvalue weighted by Crippen LogP contribution is -2.45. The van der Waals surface area contributed by atoms with Gasteiger partial charge < -0.3 is 9.80 Å². The second kappa shape index (κ2) is 11.8. The zero-order valence-electron chi connectivity index (χ0n) is 18.2. The molecule has 1 saturated heterocycles. The molecule has 0 spiro atoms. The molecule has 32 heavy (non-hydrogen) atoms. The first-order chi connectivity index (χ1) is 15.2. The maximum absolute atomic E-state index is 13.5. The monoisotopic (exact) mass is 461 g/mol. The second-order valence-corrected chi connectivity index (χ2v) is 7.75. The van der Waals surface area contributed by atoms with Crippen molar-refractivity contribution in [1.82, 2.24) is 25.4 Å². The average Bonchev–Trinajstić information content (AvgIpc) is 2.76. The number of carbonyl (C=O) groups is 2. The van der Waals surface area contributed by atoms with Crippen LogP contribution in [0.25, 0.3) is 0 Å². The fourth-order valence-electron chi connectivity index (χ4n) is 3.33. The Morgan fingerprint density at radius 1 is 1.31 bits per heavy atom. The number of piperazine rings is 1. The molecule has 0 aromatic carbocycles. The highest BCUT2D eigenvalue weighted by Crippen LogP contribution is 2.35. The molecule has 2 heterocycles. The molecule has 0 unspecified atom stereocenters. The molecule has 1 atom stereocenters. The van der Waals surface area contributed by atoms with Crippen molar-refractivity contribution < 1.29 is 28.0 Å². The Labute approximate surface area is 184 Å². The van der Waals surface area contributed by atoms with E-state index in [1.165, 1.54) is 0 Å². The van der Waals surface area contributed by atoms with E-state index in [1.54, 1.807) is 4.90 Å². The molecule has 0 saturated carbocycles. The average molecular weight is 461 g/mol. The maximum atomic E-state index is 13.5. The predicted octanol–water partition coefficient (Wildman–Crippen LogP) is 1.73. The zero-order valence-corrected chi connectivity index (χ0v) is 18.2. The minimum Gasteiger partial charge on any atom is -0.353 e. The number of unbranched alkanes of at least 4 members (excludes halogenated alkanes) is 2. The predicted molar refractivity (Wildman–Crippen MR) is 111 cm³/mol. The second-order valence-electron chi connectivity index (χ2n) is 7.75. The molecule has 1 aromatic rings. The van der Waals surface area contributed by atoms with Crippen LogP contribution in [-0.2, 0) is 15.8 Å². The molecule has 2 rings (SSSR count). The van der Waals surface area contributed by atoms with E-state index in [4.69, 9.17) is 0 Å². The molecule has 0 radical (unpaired) electrons. The van der Waals surface area contributed by atoms with E-state index in [2.05, 4.69) is 20.8 Å². The van der Waals surface area contributed by atoms with Crippen LogP contribution in [0, 0.1) is 5.92 Å². The standard InChI is InChI=1S/C19H30F3N7O3/c1-3-4-5-6-14(12-29(32)13-30)17(31)25-26-18-23-11-15(19(20,21)22)16(24-18)28-9-7-27(2)8-10-28/h11,13-14,32H,3-10,12H2,1-2H3,(H,25,31)(H,23,24,26)/t14-/m1/s1. The van der Waals surface area contributed by atoms with E-state index in [0.717, 1.165) is 12.8 Å². The largest absolute Gasteiger partial charge is 0.421 e. The highest BCUT2D eigenvalue weighted by Gasteiger charge is 2.37. The molecule has 180 valence electrons. The van der Waals surface area contributed by atoms with Gasteiger partial charge in [-0.1, -0.05) is 26.2 Å². The Hall–Kier alpha value is -2.67. The van der Waals surface area contributed by atoms with Crippen molar-refractivity contribution in [2.45, 2.75) is 38.8 Å². The third-order valence-electron chi connectivity index (χ3n) is 5.23. The van der Waals surface area contributed by atoms with Gasteiger partial charge in [0, 0.05) is 32.4 Å². The number of amides is 2. The summed E-state index contributed by atoms with van der Waals surface area (Å²) < 4.78 is 40.4. The minimum atomic E-state index is -4.62. The van der Waals surface area contributed by atoms with Crippen molar-refractivity contribution >= 4 is 24.1 Å². The molecule has 0 aliphatic carbocycles. The summed E-state index contributed by atoms with van der Waals surface area (Å²) in [6, 6.07) is 0. The summed E-state index contributed by atoms with van der Waals surface area (Å²) in [7, 11) is 1.89. The number of hydrazine groups is 1. The van der Waals surface area contributed by atoms with Crippen LogP contribution in [0.15, 0.2) is 6.20 Å². The molecule has 10 nitrogen and oxygen atoms in total. The van der Waals surface area contributed by atoms with Crippen LogP contribution in [0.4, 0.5) is 24.9 Å². The highest BCUT2D eigenvalue weighted by atomic mass is 19.4. The van der Waals surface area contributed by atoms with Gasteiger partial charge in [-0.25, -0.2) is 10.0 Å².